The predicted octanol–water partition coefficient (Wildman–Crippen LogP) is 19.0. The van der Waals surface area contributed by atoms with Crippen molar-refractivity contribution in [3.05, 3.63) is 234 Å². The minimum Gasteiger partial charge on any atom is -0.288 e. The summed E-state index contributed by atoms with van der Waals surface area (Å²) >= 11 is 5.72. The summed E-state index contributed by atoms with van der Waals surface area (Å²) in [5.74, 6) is 0.648. The first kappa shape index (κ1) is 62.1. The average Bonchev–Trinajstić information content (AvgIpc) is 3.52. The Balaban J connectivity index is 1.44. The van der Waals surface area contributed by atoms with Crippen LogP contribution in [-0.4, -0.2) is 36.7 Å². The fraction of sp³-hybridized carbons (Fsp3) is 0.371. The van der Waals surface area contributed by atoms with Gasteiger partial charge < -0.3 is 0 Å². The van der Waals surface area contributed by atoms with E-state index < -0.39 is 21.0 Å². The Morgan fingerprint density at radius 3 is 1.58 bits per heavy atom. The number of rotatable bonds is 30. The average molecular weight is 1120 g/mol. The molecule has 8 heteroatoms. The van der Waals surface area contributed by atoms with E-state index in [1.807, 2.05) is 0 Å². The second-order valence-corrected chi connectivity index (χ2v) is 27.2. The number of allylic oxidation sites excluding steroid dienone is 3. The Labute approximate surface area is 485 Å². The maximum atomic E-state index is 13.8. The van der Waals surface area contributed by atoms with Crippen molar-refractivity contribution in [2.24, 2.45) is 0 Å². The highest BCUT2D eigenvalue weighted by Gasteiger charge is 2.49. The van der Waals surface area contributed by atoms with Crippen molar-refractivity contribution in [2.75, 3.05) is 5.75 Å². The summed E-state index contributed by atoms with van der Waals surface area (Å²) in [5.41, 5.74) is 6.87. The first-order chi connectivity index (χ1) is 37.6. The van der Waals surface area contributed by atoms with Gasteiger partial charge in [-0.2, -0.15) is 0 Å². The lowest BCUT2D eigenvalue weighted by Crippen LogP contribution is -2.46. The van der Waals surface area contributed by atoms with E-state index in [1.54, 1.807) is 27.7 Å². The molecule has 0 heterocycles. The summed E-state index contributed by atoms with van der Waals surface area (Å²) in [4.78, 5) is 53.1. The second kappa shape index (κ2) is 30.5. The minimum absolute atomic E-state index is 0.0236. The molecule has 6 rings (SSSR count). The molecule has 0 bridgehead atoms. The monoisotopic (exact) mass is 1110 g/mol. The molecule has 6 aromatic rings. The molecule has 78 heavy (non-hydrogen) atoms. The van der Waals surface area contributed by atoms with Gasteiger partial charge in [-0.25, -0.2) is 0 Å². The second-order valence-electron chi connectivity index (χ2n) is 21.4. The van der Waals surface area contributed by atoms with Crippen molar-refractivity contribution in [2.45, 2.75) is 157 Å². The number of hydrogen-bond donors (Lipinski definition) is 0. The molecule has 0 amide bonds. The molecule has 4 nitrogen and oxygen atoms in total. The van der Waals surface area contributed by atoms with E-state index in [4.69, 9.17) is 6.58 Å². The molecule has 0 N–H and O–H groups in total. The lowest BCUT2D eigenvalue weighted by Gasteiger charge is -2.49. The van der Waals surface area contributed by atoms with Gasteiger partial charge in [0.1, 0.15) is 0 Å². The third-order valence-electron chi connectivity index (χ3n) is 16.1. The standard InChI is InChI=1S/C70H82O4S4/c1-9-58(59-31-17-11-18-32-59)35-29-46-70(78-57(7)74,64-42-27-16-28-43-64)47-30-44-65(60-33-19-12-20-34-60)66(77-56(6)73)45-48-68(10-2,62-38-23-14-24-39-62)52-69(49-50-75-54(4)71,63-40-25-15-26-41-63)51-67(8,53(3)76-55(5)72)61-36-21-13-22-37-61/h10-28,31-43,53,65-66H,2,9,29-30,44-52H2,1,3-8H3/b58-35-. The van der Waals surface area contributed by atoms with E-state index in [0.29, 0.717) is 31.4 Å². The lowest BCUT2D eigenvalue weighted by molar-refractivity contribution is -0.110. The molecular formula is C70H82O4S4. The van der Waals surface area contributed by atoms with Crippen LogP contribution in [0.15, 0.2) is 201 Å². The molecule has 0 spiro atoms. The van der Waals surface area contributed by atoms with Crippen LogP contribution in [0.2, 0.25) is 0 Å². The number of carbonyl (C=O) groups is 4. The molecule has 0 radical (unpaired) electrons. The quantitative estimate of drug-likeness (QED) is 0.0413. The van der Waals surface area contributed by atoms with Gasteiger partial charge in [0, 0.05) is 59.5 Å². The highest BCUT2D eigenvalue weighted by Crippen LogP contribution is 2.55. The topological polar surface area (TPSA) is 68.3 Å². The van der Waals surface area contributed by atoms with Crippen LogP contribution in [0.4, 0.5) is 0 Å². The smallest absolute Gasteiger partial charge is 0.186 e. The molecule has 0 aliphatic heterocycles. The zero-order chi connectivity index (χ0) is 56.0. The fourth-order valence-corrected chi connectivity index (χ4v) is 16.3. The molecule has 0 aliphatic carbocycles. The highest BCUT2D eigenvalue weighted by atomic mass is 32.2. The summed E-state index contributed by atoms with van der Waals surface area (Å²) in [5, 5.41) is 0.204. The first-order valence-corrected chi connectivity index (χ1v) is 31.5. The number of thioether (sulfide) groups is 4. The van der Waals surface area contributed by atoms with Gasteiger partial charge in [-0.1, -0.05) is 268 Å². The van der Waals surface area contributed by atoms with Crippen LogP contribution in [0.1, 0.15) is 158 Å². The normalized spacial score (nSPS) is 16.0. The molecule has 0 saturated carbocycles. The zero-order valence-electron chi connectivity index (χ0n) is 47.2. The Hall–Kier alpha value is -5.12. The van der Waals surface area contributed by atoms with Crippen LogP contribution in [0.25, 0.3) is 5.57 Å². The van der Waals surface area contributed by atoms with E-state index in [1.165, 1.54) is 80.4 Å². The van der Waals surface area contributed by atoms with Crippen LogP contribution >= 0.6 is 47.0 Å². The molecule has 7 atom stereocenters. The fourth-order valence-electron chi connectivity index (χ4n) is 12.2. The van der Waals surface area contributed by atoms with Crippen LogP contribution < -0.4 is 0 Å². The van der Waals surface area contributed by atoms with E-state index in [-0.39, 0.29) is 36.9 Å². The van der Waals surface area contributed by atoms with Crippen LogP contribution in [0.5, 0.6) is 0 Å². The summed E-state index contributed by atoms with van der Waals surface area (Å²) in [6.07, 6.45) is 13.1. The maximum Gasteiger partial charge on any atom is 0.186 e. The van der Waals surface area contributed by atoms with Crippen LogP contribution in [0.3, 0.4) is 0 Å². The van der Waals surface area contributed by atoms with E-state index >= 15 is 0 Å². The SMILES string of the molecule is C=CC(CCC(SC(C)=O)C(CCCC(CC/C=C(/CC)c1ccccc1)(SC(C)=O)c1ccccc1)c1ccccc1)(CC(CCSC(C)=O)(CC(C)(c1ccccc1)C(C)SC(C)=O)c1ccccc1)c1ccccc1. The summed E-state index contributed by atoms with van der Waals surface area (Å²) in [7, 11) is 0. The molecule has 0 aromatic heterocycles. The van der Waals surface area contributed by atoms with Gasteiger partial charge in [-0.3, -0.25) is 19.2 Å². The van der Waals surface area contributed by atoms with Gasteiger partial charge in [0.2, 0.25) is 0 Å². The molecule has 0 saturated heterocycles. The Kier molecular flexibility index (Phi) is 24.2. The Bertz CT molecular complexity index is 2840. The minimum atomic E-state index is -0.589. The predicted molar refractivity (Wildman–Crippen MR) is 340 cm³/mol. The van der Waals surface area contributed by atoms with Crippen molar-refractivity contribution in [1.82, 2.24) is 0 Å². The van der Waals surface area contributed by atoms with Crippen molar-refractivity contribution in [3.63, 3.8) is 0 Å². The highest BCUT2D eigenvalue weighted by molar-refractivity contribution is 8.14. The third-order valence-corrected chi connectivity index (χ3v) is 20.7. The van der Waals surface area contributed by atoms with Crippen molar-refractivity contribution in [3.8, 4) is 0 Å². The van der Waals surface area contributed by atoms with Crippen molar-refractivity contribution < 1.29 is 19.2 Å². The zero-order valence-corrected chi connectivity index (χ0v) is 50.4. The van der Waals surface area contributed by atoms with Crippen molar-refractivity contribution >= 4 is 73.1 Å². The number of carbonyl (C=O) groups excluding carboxylic acids is 4. The van der Waals surface area contributed by atoms with E-state index in [2.05, 4.69) is 215 Å². The molecule has 0 aliphatic rings. The summed E-state index contributed by atoms with van der Waals surface area (Å²) in [6, 6.07) is 64.3. The Morgan fingerprint density at radius 1 is 0.551 bits per heavy atom. The molecule has 6 aromatic carbocycles. The van der Waals surface area contributed by atoms with Crippen LogP contribution in [-0.2, 0) is 40.2 Å². The number of benzene rings is 6. The number of hydrogen-bond acceptors (Lipinski definition) is 8. The van der Waals surface area contributed by atoms with Gasteiger partial charge >= 0.3 is 0 Å². The van der Waals surface area contributed by atoms with Gasteiger partial charge in [-0.15, -0.1) is 6.58 Å². The third kappa shape index (κ3) is 17.2. The van der Waals surface area contributed by atoms with Gasteiger partial charge in [0.05, 0.1) is 0 Å². The summed E-state index contributed by atoms with van der Waals surface area (Å²) in [6.45, 7) is 18.2. The largest absolute Gasteiger partial charge is 0.288 e. The van der Waals surface area contributed by atoms with Crippen LogP contribution in [0, 0.1) is 0 Å². The summed E-state index contributed by atoms with van der Waals surface area (Å²) < 4.78 is -0.453. The molecular weight excluding hydrogens is 1030 g/mol. The maximum absolute atomic E-state index is 13.8. The molecule has 7 unspecified atom stereocenters. The van der Waals surface area contributed by atoms with E-state index in [0.717, 1.165) is 50.5 Å². The van der Waals surface area contributed by atoms with Gasteiger partial charge in [0.25, 0.3) is 0 Å². The Morgan fingerprint density at radius 2 is 1.06 bits per heavy atom. The first-order valence-electron chi connectivity index (χ1n) is 27.9. The van der Waals surface area contributed by atoms with Crippen molar-refractivity contribution in [1.29, 1.82) is 0 Å². The molecule has 0 fully saturated rings. The van der Waals surface area contributed by atoms with E-state index in [9.17, 15) is 19.2 Å². The molecule has 410 valence electrons. The van der Waals surface area contributed by atoms with Gasteiger partial charge in [0.15, 0.2) is 20.5 Å². The lowest BCUT2D eigenvalue weighted by atomic mass is 9.56. The van der Waals surface area contributed by atoms with Gasteiger partial charge in [-0.05, 0) is 114 Å².